The average molecular weight is 307 g/mol. The summed E-state index contributed by atoms with van der Waals surface area (Å²) in [4.78, 5) is 0.609. The Kier molecular flexibility index (Phi) is 4.08. The Labute approximate surface area is 119 Å². The lowest BCUT2D eigenvalue weighted by molar-refractivity contribution is 0.309. The largest absolute Gasteiger partial charge is 0.0836 e. The molecule has 1 heteroatoms. The average Bonchev–Trinajstić information content (AvgIpc) is 2.75. The fourth-order valence-corrected chi connectivity index (χ4v) is 4.70. The molecule has 0 aliphatic heterocycles. The topological polar surface area (TPSA) is 0 Å². The molecule has 3 rings (SSSR count). The molecule has 0 aromatic heterocycles. The van der Waals surface area contributed by atoms with Crippen molar-refractivity contribution in [2.45, 2.75) is 56.2 Å². The Balaban J connectivity index is 1.56. The van der Waals surface area contributed by atoms with Crippen molar-refractivity contribution in [2.24, 2.45) is 11.8 Å². The van der Waals surface area contributed by atoms with Crippen LogP contribution in [0.15, 0.2) is 24.3 Å². The van der Waals surface area contributed by atoms with Crippen LogP contribution in [0.1, 0.15) is 60.9 Å². The minimum atomic E-state index is 0.609. The lowest BCUT2D eigenvalue weighted by Crippen LogP contribution is -2.10. The quantitative estimate of drug-likeness (QED) is 0.632. The zero-order valence-electron chi connectivity index (χ0n) is 11.1. The highest BCUT2D eigenvalue weighted by Gasteiger charge is 2.30. The van der Waals surface area contributed by atoms with E-state index in [1.54, 1.807) is 11.1 Å². The first-order valence-corrected chi connectivity index (χ1v) is 8.48. The third-order valence-corrected chi connectivity index (χ3v) is 6.16. The van der Waals surface area contributed by atoms with Gasteiger partial charge in [0.2, 0.25) is 0 Å². The molecule has 1 fully saturated rings. The maximum absolute atomic E-state index is 3.93. The third-order valence-electron chi connectivity index (χ3n) is 4.92. The summed E-state index contributed by atoms with van der Waals surface area (Å²) in [6.07, 6.45) is 11.6. The SMILES string of the molecule is BrC1c2ccccc2CC1CCC1CCCCC1. The summed E-state index contributed by atoms with van der Waals surface area (Å²) < 4.78 is 0. The van der Waals surface area contributed by atoms with Crippen LogP contribution < -0.4 is 0 Å². The zero-order valence-corrected chi connectivity index (χ0v) is 12.7. The molecule has 0 amide bonds. The Morgan fingerprint density at radius 1 is 1.00 bits per heavy atom. The maximum atomic E-state index is 3.93. The second-order valence-corrected chi connectivity index (χ2v) is 7.13. The van der Waals surface area contributed by atoms with Crippen molar-refractivity contribution in [3.8, 4) is 0 Å². The van der Waals surface area contributed by atoms with Crippen LogP contribution >= 0.6 is 15.9 Å². The first kappa shape index (κ1) is 12.7. The van der Waals surface area contributed by atoms with Gasteiger partial charge in [0.05, 0.1) is 0 Å². The molecule has 0 spiro atoms. The number of fused-ring (bicyclic) bond motifs is 1. The van der Waals surface area contributed by atoms with E-state index in [2.05, 4.69) is 40.2 Å². The number of hydrogen-bond donors (Lipinski definition) is 0. The normalized spacial score (nSPS) is 28.3. The van der Waals surface area contributed by atoms with Crippen LogP contribution in [0.4, 0.5) is 0 Å². The molecule has 1 saturated carbocycles. The second kappa shape index (κ2) is 5.77. The molecule has 2 aliphatic rings. The van der Waals surface area contributed by atoms with Gasteiger partial charge < -0.3 is 0 Å². The Hall–Kier alpha value is -0.300. The van der Waals surface area contributed by atoms with Gasteiger partial charge in [-0.1, -0.05) is 78.7 Å². The van der Waals surface area contributed by atoms with Gasteiger partial charge in [0.25, 0.3) is 0 Å². The van der Waals surface area contributed by atoms with Crippen molar-refractivity contribution in [3.05, 3.63) is 35.4 Å². The number of alkyl halides is 1. The van der Waals surface area contributed by atoms with Crippen LogP contribution in [-0.2, 0) is 6.42 Å². The van der Waals surface area contributed by atoms with Crippen LogP contribution in [0, 0.1) is 11.8 Å². The molecule has 2 aliphatic carbocycles. The maximum Gasteiger partial charge on any atom is 0.0429 e. The van der Waals surface area contributed by atoms with Gasteiger partial charge in [-0.05, 0) is 35.8 Å². The standard InChI is InChI=1S/C17H23Br/c18-17-15(11-10-13-6-2-1-3-7-13)12-14-8-4-5-9-16(14)17/h4-5,8-9,13,15,17H,1-3,6-7,10-12H2. The molecular weight excluding hydrogens is 284 g/mol. The summed E-state index contributed by atoms with van der Waals surface area (Å²) in [5, 5.41) is 0. The summed E-state index contributed by atoms with van der Waals surface area (Å²) in [5.74, 6) is 1.87. The van der Waals surface area contributed by atoms with Gasteiger partial charge in [-0.3, -0.25) is 0 Å². The fraction of sp³-hybridized carbons (Fsp3) is 0.647. The third kappa shape index (κ3) is 2.66. The summed E-state index contributed by atoms with van der Waals surface area (Å²) in [7, 11) is 0. The highest BCUT2D eigenvalue weighted by molar-refractivity contribution is 9.09. The van der Waals surface area contributed by atoms with Crippen LogP contribution in [0.3, 0.4) is 0 Å². The molecule has 0 N–H and O–H groups in total. The highest BCUT2D eigenvalue weighted by atomic mass is 79.9. The van der Waals surface area contributed by atoms with Gasteiger partial charge >= 0.3 is 0 Å². The first-order valence-electron chi connectivity index (χ1n) is 7.56. The first-order chi connectivity index (χ1) is 8.84. The molecule has 0 nitrogen and oxygen atoms in total. The molecule has 2 atom stereocenters. The van der Waals surface area contributed by atoms with E-state index >= 15 is 0 Å². The molecule has 0 heterocycles. The van der Waals surface area contributed by atoms with Gasteiger partial charge in [-0.15, -0.1) is 0 Å². The van der Waals surface area contributed by atoms with Crippen molar-refractivity contribution < 1.29 is 0 Å². The van der Waals surface area contributed by atoms with Crippen molar-refractivity contribution in [2.75, 3.05) is 0 Å². The molecule has 2 unspecified atom stereocenters. The Morgan fingerprint density at radius 2 is 1.78 bits per heavy atom. The molecule has 18 heavy (non-hydrogen) atoms. The number of benzene rings is 1. The van der Waals surface area contributed by atoms with Gasteiger partial charge in [0.15, 0.2) is 0 Å². The van der Waals surface area contributed by atoms with Crippen LogP contribution in [-0.4, -0.2) is 0 Å². The fourth-order valence-electron chi connectivity index (χ4n) is 3.80. The molecule has 1 aromatic carbocycles. The van der Waals surface area contributed by atoms with Crippen LogP contribution in [0.2, 0.25) is 0 Å². The minimum absolute atomic E-state index is 0.609. The zero-order chi connectivity index (χ0) is 12.4. The van der Waals surface area contributed by atoms with Crippen molar-refractivity contribution in [1.29, 1.82) is 0 Å². The lowest BCUT2D eigenvalue weighted by Gasteiger charge is -2.23. The smallest absolute Gasteiger partial charge is 0.0429 e. The van der Waals surface area contributed by atoms with Crippen molar-refractivity contribution >= 4 is 15.9 Å². The molecule has 98 valence electrons. The van der Waals surface area contributed by atoms with E-state index < -0.39 is 0 Å². The summed E-state index contributed by atoms with van der Waals surface area (Å²) in [6.45, 7) is 0. The molecule has 0 radical (unpaired) electrons. The number of hydrogen-bond acceptors (Lipinski definition) is 0. The van der Waals surface area contributed by atoms with Gasteiger partial charge in [0, 0.05) is 4.83 Å². The summed E-state index contributed by atoms with van der Waals surface area (Å²) in [5.41, 5.74) is 3.12. The highest BCUT2D eigenvalue weighted by Crippen LogP contribution is 2.45. The number of rotatable bonds is 3. The van der Waals surface area contributed by atoms with Crippen molar-refractivity contribution in [1.82, 2.24) is 0 Å². The van der Waals surface area contributed by atoms with Crippen LogP contribution in [0.25, 0.3) is 0 Å². The van der Waals surface area contributed by atoms with Crippen molar-refractivity contribution in [3.63, 3.8) is 0 Å². The van der Waals surface area contributed by atoms with E-state index in [0.29, 0.717) is 4.83 Å². The van der Waals surface area contributed by atoms with E-state index in [4.69, 9.17) is 0 Å². The monoisotopic (exact) mass is 306 g/mol. The van der Waals surface area contributed by atoms with E-state index in [0.717, 1.165) is 11.8 Å². The van der Waals surface area contributed by atoms with E-state index in [1.165, 1.54) is 51.4 Å². The van der Waals surface area contributed by atoms with E-state index in [9.17, 15) is 0 Å². The van der Waals surface area contributed by atoms with E-state index in [1.807, 2.05) is 0 Å². The predicted molar refractivity (Wildman–Crippen MR) is 81.1 cm³/mol. The molecular formula is C17H23Br. The van der Waals surface area contributed by atoms with Gasteiger partial charge in [-0.2, -0.15) is 0 Å². The lowest BCUT2D eigenvalue weighted by atomic mass is 9.83. The van der Waals surface area contributed by atoms with Gasteiger partial charge in [-0.25, -0.2) is 0 Å². The molecule has 0 saturated heterocycles. The van der Waals surface area contributed by atoms with Crippen LogP contribution in [0.5, 0.6) is 0 Å². The summed E-state index contributed by atoms with van der Waals surface area (Å²) >= 11 is 3.93. The summed E-state index contributed by atoms with van der Waals surface area (Å²) in [6, 6.07) is 8.97. The Bertz CT molecular complexity index is 392. The Morgan fingerprint density at radius 3 is 2.56 bits per heavy atom. The van der Waals surface area contributed by atoms with Gasteiger partial charge in [0.1, 0.15) is 0 Å². The molecule has 0 bridgehead atoms. The predicted octanol–water partition coefficient (Wildman–Crippen LogP) is 5.66. The minimum Gasteiger partial charge on any atom is -0.0836 e. The molecule has 1 aromatic rings. The second-order valence-electron chi connectivity index (χ2n) is 6.15. The van der Waals surface area contributed by atoms with E-state index in [-0.39, 0.29) is 0 Å². The number of halogens is 1.